The van der Waals surface area contributed by atoms with Crippen LogP contribution in [0.15, 0.2) is 42.6 Å². The molecule has 0 spiro atoms. The van der Waals surface area contributed by atoms with Gasteiger partial charge in [-0.3, -0.25) is 0 Å². The molecule has 1 aromatic carbocycles. The van der Waals surface area contributed by atoms with Gasteiger partial charge in [0, 0.05) is 12.1 Å². The van der Waals surface area contributed by atoms with E-state index in [1.807, 2.05) is 35.0 Å². The van der Waals surface area contributed by atoms with Crippen molar-refractivity contribution in [2.45, 2.75) is 31.1 Å². The summed E-state index contributed by atoms with van der Waals surface area (Å²) < 4.78 is 13.4. The molecule has 0 bridgehead atoms. The van der Waals surface area contributed by atoms with Crippen LogP contribution in [0.5, 0.6) is 11.5 Å². The summed E-state index contributed by atoms with van der Waals surface area (Å²) in [5, 5.41) is 4.77. The van der Waals surface area contributed by atoms with E-state index in [-0.39, 0.29) is 5.92 Å². The Morgan fingerprint density at radius 1 is 1.12 bits per heavy atom. The number of fused-ring (bicyclic) bond motifs is 1. The molecular formula is C20H20N4O2. The molecule has 5 rings (SSSR count). The zero-order valence-corrected chi connectivity index (χ0v) is 14.6. The Balaban J connectivity index is 1.54. The first-order chi connectivity index (χ1) is 12.8. The number of hydrogen-bond donors (Lipinski definition) is 0. The Bertz CT molecular complexity index is 934. The van der Waals surface area contributed by atoms with Gasteiger partial charge in [-0.1, -0.05) is 18.2 Å². The standard InChI is InChI=1S/C20H20N4O2/c1-25-16-6-4-5-14-11-15(12-26-18(14)16)20-22-19(13-8-9-13)23-24(20)17-7-2-3-10-21-17/h2-7,10,13,15H,8-9,11-12H2,1H3. The largest absolute Gasteiger partial charge is 0.493 e. The van der Waals surface area contributed by atoms with Crippen molar-refractivity contribution in [2.24, 2.45) is 0 Å². The first-order valence-electron chi connectivity index (χ1n) is 9.00. The third kappa shape index (κ3) is 2.62. The summed E-state index contributed by atoms with van der Waals surface area (Å²) in [6.07, 6.45) is 4.98. The van der Waals surface area contributed by atoms with E-state index >= 15 is 0 Å². The van der Waals surface area contributed by atoms with Crippen LogP contribution in [0.2, 0.25) is 0 Å². The van der Waals surface area contributed by atoms with Crippen molar-refractivity contribution in [3.63, 3.8) is 0 Å². The van der Waals surface area contributed by atoms with Gasteiger partial charge in [0.15, 0.2) is 23.1 Å². The summed E-state index contributed by atoms with van der Waals surface area (Å²) in [6.45, 7) is 0.559. The van der Waals surface area contributed by atoms with Crippen molar-refractivity contribution in [1.29, 1.82) is 0 Å². The van der Waals surface area contributed by atoms with Gasteiger partial charge in [0.25, 0.3) is 0 Å². The summed E-state index contributed by atoms with van der Waals surface area (Å²) in [5.41, 5.74) is 1.14. The topological polar surface area (TPSA) is 62.1 Å². The van der Waals surface area contributed by atoms with Crippen LogP contribution in [0.4, 0.5) is 0 Å². The van der Waals surface area contributed by atoms with Gasteiger partial charge >= 0.3 is 0 Å². The number of aromatic nitrogens is 4. The monoisotopic (exact) mass is 348 g/mol. The number of ether oxygens (including phenoxy) is 2. The number of hydrogen-bond acceptors (Lipinski definition) is 5. The van der Waals surface area contributed by atoms with E-state index in [9.17, 15) is 0 Å². The molecule has 1 unspecified atom stereocenters. The van der Waals surface area contributed by atoms with Crippen molar-refractivity contribution in [3.8, 4) is 17.3 Å². The van der Waals surface area contributed by atoms with Crippen molar-refractivity contribution >= 4 is 0 Å². The first-order valence-corrected chi connectivity index (χ1v) is 9.00. The van der Waals surface area contributed by atoms with Crippen LogP contribution in [0.25, 0.3) is 5.82 Å². The van der Waals surface area contributed by atoms with Crippen LogP contribution in [0.1, 0.15) is 41.9 Å². The average molecular weight is 348 g/mol. The van der Waals surface area contributed by atoms with E-state index in [2.05, 4.69) is 11.1 Å². The molecule has 0 radical (unpaired) electrons. The molecule has 0 N–H and O–H groups in total. The van der Waals surface area contributed by atoms with Crippen LogP contribution in [-0.4, -0.2) is 33.5 Å². The van der Waals surface area contributed by atoms with Crippen LogP contribution in [0, 0.1) is 0 Å². The summed E-state index contributed by atoms with van der Waals surface area (Å²) in [6, 6.07) is 11.9. The van der Waals surface area contributed by atoms with Gasteiger partial charge in [-0.25, -0.2) is 9.97 Å². The highest BCUT2D eigenvalue weighted by atomic mass is 16.5. The highest BCUT2D eigenvalue weighted by Gasteiger charge is 2.33. The number of para-hydroxylation sites is 1. The predicted octanol–water partition coefficient (Wildman–Crippen LogP) is 3.27. The molecule has 6 nitrogen and oxygen atoms in total. The fraction of sp³-hybridized carbons (Fsp3) is 0.350. The Morgan fingerprint density at radius 3 is 2.81 bits per heavy atom. The van der Waals surface area contributed by atoms with Gasteiger partial charge in [0.05, 0.1) is 19.6 Å². The number of rotatable bonds is 4. The zero-order valence-electron chi connectivity index (χ0n) is 14.6. The summed E-state index contributed by atoms with van der Waals surface area (Å²) in [4.78, 5) is 9.36. The normalized spacial score (nSPS) is 18.9. The van der Waals surface area contributed by atoms with Crippen LogP contribution >= 0.6 is 0 Å². The highest BCUT2D eigenvalue weighted by Crippen LogP contribution is 2.41. The summed E-state index contributed by atoms with van der Waals surface area (Å²) >= 11 is 0. The molecule has 2 aliphatic rings. The molecule has 1 atom stereocenters. The van der Waals surface area contributed by atoms with E-state index in [1.165, 1.54) is 12.8 Å². The van der Waals surface area contributed by atoms with Gasteiger partial charge < -0.3 is 9.47 Å². The minimum absolute atomic E-state index is 0.136. The fourth-order valence-electron chi connectivity index (χ4n) is 3.49. The second-order valence-electron chi connectivity index (χ2n) is 6.86. The van der Waals surface area contributed by atoms with E-state index < -0.39 is 0 Å². The molecule has 1 saturated carbocycles. The third-order valence-corrected chi connectivity index (χ3v) is 5.00. The van der Waals surface area contributed by atoms with Crippen molar-refractivity contribution < 1.29 is 9.47 Å². The smallest absolute Gasteiger partial charge is 0.164 e. The maximum Gasteiger partial charge on any atom is 0.164 e. The Morgan fingerprint density at radius 2 is 2.04 bits per heavy atom. The molecular weight excluding hydrogens is 328 g/mol. The predicted molar refractivity (Wildman–Crippen MR) is 96.1 cm³/mol. The number of methoxy groups -OCH3 is 1. The minimum Gasteiger partial charge on any atom is -0.493 e. The molecule has 0 amide bonds. The summed E-state index contributed by atoms with van der Waals surface area (Å²) in [5.74, 6) is 4.93. The fourth-order valence-corrected chi connectivity index (χ4v) is 3.49. The quantitative estimate of drug-likeness (QED) is 0.724. The number of nitrogens with zero attached hydrogens (tertiary/aromatic N) is 4. The van der Waals surface area contributed by atoms with Crippen molar-refractivity contribution in [1.82, 2.24) is 19.7 Å². The lowest BCUT2D eigenvalue weighted by Gasteiger charge is -2.26. The van der Waals surface area contributed by atoms with Gasteiger partial charge in [0.2, 0.25) is 0 Å². The molecule has 1 aliphatic heterocycles. The second-order valence-corrected chi connectivity index (χ2v) is 6.86. The average Bonchev–Trinajstić information content (AvgIpc) is 3.46. The van der Waals surface area contributed by atoms with Crippen LogP contribution in [-0.2, 0) is 6.42 Å². The van der Waals surface area contributed by atoms with E-state index in [0.717, 1.165) is 40.9 Å². The van der Waals surface area contributed by atoms with E-state index in [4.69, 9.17) is 19.6 Å². The van der Waals surface area contributed by atoms with Crippen LogP contribution in [0.3, 0.4) is 0 Å². The Labute approximate surface area is 151 Å². The van der Waals surface area contributed by atoms with E-state index in [0.29, 0.717) is 12.5 Å². The molecule has 2 aromatic heterocycles. The molecule has 1 fully saturated rings. The number of benzene rings is 1. The number of pyridine rings is 1. The molecule has 3 aromatic rings. The second kappa shape index (κ2) is 6.12. The summed E-state index contributed by atoms with van der Waals surface area (Å²) in [7, 11) is 1.67. The molecule has 3 heterocycles. The Kier molecular flexibility index (Phi) is 3.62. The molecule has 0 saturated heterocycles. The lowest BCUT2D eigenvalue weighted by molar-refractivity contribution is 0.242. The van der Waals surface area contributed by atoms with Crippen molar-refractivity contribution in [2.75, 3.05) is 13.7 Å². The van der Waals surface area contributed by atoms with Gasteiger partial charge in [0.1, 0.15) is 5.82 Å². The highest BCUT2D eigenvalue weighted by molar-refractivity contribution is 5.48. The molecule has 6 heteroatoms. The van der Waals surface area contributed by atoms with Gasteiger partial charge in [-0.15, -0.1) is 5.10 Å². The van der Waals surface area contributed by atoms with E-state index in [1.54, 1.807) is 13.3 Å². The third-order valence-electron chi connectivity index (χ3n) is 5.00. The SMILES string of the molecule is COc1cccc2c1OCC(c1nc(C3CC3)nn1-c1ccccn1)C2. The Hall–Kier alpha value is -2.89. The maximum atomic E-state index is 6.06. The zero-order chi connectivity index (χ0) is 17.5. The minimum atomic E-state index is 0.136. The molecule has 132 valence electrons. The van der Waals surface area contributed by atoms with Crippen molar-refractivity contribution in [3.05, 3.63) is 59.8 Å². The van der Waals surface area contributed by atoms with Gasteiger partial charge in [-0.2, -0.15) is 4.68 Å². The van der Waals surface area contributed by atoms with Gasteiger partial charge in [-0.05, 0) is 43.0 Å². The van der Waals surface area contributed by atoms with Crippen LogP contribution < -0.4 is 9.47 Å². The lowest BCUT2D eigenvalue weighted by atomic mass is 9.95. The molecule has 26 heavy (non-hydrogen) atoms. The first kappa shape index (κ1) is 15.4. The molecule has 1 aliphatic carbocycles. The lowest BCUT2D eigenvalue weighted by Crippen LogP contribution is -2.23. The maximum absolute atomic E-state index is 6.06.